The molecule has 1 saturated heterocycles. The van der Waals surface area contributed by atoms with Crippen molar-refractivity contribution in [2.45, 2.75) is 31.3 Å². The monoisotopic (exact) mass is 466 g/mol. The van der Waals surface area contributed by atoms with Crippen LogP contribution >= 0.6 is 22.7 Å². The van der Waals surface area contributed by atoms with Crippen LogP contribution in [0.15, 0.2) is 47.2 Å². The summed E-state index contributed by atoms with van der Waals surface area (Å²) in [4.78, 5) is 20.8. The molecule has 1 aromatic carbocycles. The average molecular weight is 467 g/mol. The highest BCUT2D eigenvalue weighted by Gasteiger charge is 2.35. The van der Waals surface area contributed by atoms with Gasteiger partial charge in [0.1, 0.15) is 13.2 Å². The predicted molar refractivity (Wildman–Crippen MR) is 127 cm³/mol. The zero-order valence-corrected chi connectivity index (χ0v) is 19.5. The molecule has 1 amide bonds. The van der Waals surface area contributed by atoms with Crippen LogP contribution in [0, 0.1) is 0 Å². The van der Waals surface area contributed by atoms with E-state index in [2.05, 4.69) is 50.9 Å². The molecular weight excluding hydrogens is 440 g/mol. The number of rotatable bonds is 4. The Morgan fingerprint density at radius 2 is 1.94 bits per heavy atom. The van der Waals surface area contributed by atoms with Gasteiger partial charge in [0.05, 0.1) is 18.6 Å². The van der Waals surface area contributed by atoms with Crippen molar-refractivity contribution in [2.24, 2.45) is 0 Å². The number of hydrogen-bond acceptors (Lipinski definition) is 6. The molecule has 0 saturated carbocycles. The van der Waals surface area contributed by atoms with Crippen LogP contribution in [-0.2, 0) is 11.2 Å². The quantitative estimate of drug-likeness (QED) is 0.549. The van der Waals surface area contributed by atoms with Crippen molar-refractivity contribution in [1.29, 1.82) is 0 Å². The normalized spacial score (nSPS) is 22.7. The van der Waals surface area contributed by atoms with Gasteiger partial charge in [0.25, 0.3) is 0 Å². The van der Waals surface area contributed by atoms with Crippen molar-refractivity contribution in [1.82, 2.24) is 9.80 Å². The predicted octanol–water partition coefficient (Wildman–Crippen LogP) is 4.89. The number of ether oxygens (including phenoxy) is 2. The maximum atomic E-state index is 13.6. The van der Waals surface area contributed by atoms with Gasteiger partial charge in [-0.05, 0) is 65.4 Å². The highest BCUT2D eigenvalue weighted by atomic mass is 32.1. The Bertz CT molecular complexity index is 1110. The molecule has 5 nitrogen and oxygen atoms in total. The van der Waals surface area contributed by atoms with Gasteiger partial charge < -0.3 is 14.4 Å². The van der Waals surface area contributed by atoms with Gasteiger partial charge in [-0.25, -0.2) is 0 Å². The smallest absolute Gasteiger partial charge is 0.237 e. The number of amides is 1. The topological polar surface area (TPSA) is 42.0 Å². The minimum absolute atomic E-state index is 0.111. The minimum Gasteiger partial charge on any atom is -0.486 e. The summed E-state index contributed by atoms with van der Waals surface area (Å²) in [6, 6.07) is 13.0. The van der Waals surface area contributed by atoms with E-state index in [4.69, 9.17) is 9.47 Å². The number of carbonyl (C=O) groups excluding carboxylic acids is 1. The van der Waals surface area contributed by atoms with Crippen molar-refractivity contribution in [3.8, 4) is 11.5 Å². The molecule has 3 aliphatic heterocycles. The maximum absolute atomic E-state index is 13.6. The Labute approximate surface area is 196 Å². The lowest BCUT2D eigenvalue weighted by Gasteiger charge is -2.36. The Balaban J connectivity index is 1.23. The van der Waals surface area contributed by atoms with Crippen molar-refractivity contribution in [3.05, 3.63) is 68.0 Å². The lowest BCUT2D eigenvalue weighted by Crippen LogP contribution is -2.44. The number of thiophene rings is 2. The lowest BCUT2D eigenvalue weighted by molar-refractivity contribution is -0.133. The third-order valence-electron chi connectivity index (χ3n) is 6.74. The van der Waals surface area contributed by atoms with E-state index in [9.17, 15) is 4.79 Å². The van der Waals surface area contributed by atoms with Crippen LogP contribution in [0.1, 0.15) is 45.8 Å². The fourth-order valence-electron chi connectivity index (χ4n) is 5.26. The van der Waals surface area contributed by atoms with Gasteiger partial charge in [-0.3, -0.25) is 9.69 Å². The van der Waals surface area contributed by atoms with Crippen LogP contribution in [-0.4, -0.2) is 48.6 Å². The summed E-state index contributed by atoms with van der Waals surface area (Å²) in [6.45, 7) is 3.36. The van der Waals surface area contributed by atoms with Crippen molar-refractivity contribution >= 4 is 28.6 Å². The second kappa shape index (κ2) is 8.54. The van der Waals surface area contributed by atoms with Crippen LogP contribution in [0.2, 0.25) is 0 Å². The highest BCUT2D eigenvalue weighted by Crippen LogP contribution is 2.41. The minimum atomic E-state index is 0.111. The van der Waals surface area contributed by atoms with E-state index in [0.717, 1.165) is 49.4 Å². The first kappa shape index (κ1) is 20.3. The highest BCUT2D eigenvalue weighted by molar-refractivity contribution is 7.10. The first-order valence-electron chi connectivity index (χ1n) is 11.3. The van der Waals surface area contributed by atoms with Crippen molar-refractivity contribution in [2.75, 3.05) is 32.8 Å². The summed E-state index contributed by atoms with van der Waals surface area (Å²) in [5.41, 5.74) is 2.52. The Morgan fingerprint density at radius 1 is 1.03 bits per heavy atom. The van der Waals surface area contributed by atoms with Crippen LogP contribution in [0.25, 0.3) is 0 Å². The van der Waals surface area contributed by atoms with Gasteiger partial charge in [-0.1, -0.05) is 12.1 Å². The molecule has 2 unspecified atom stereocenters. The van der Waals surface area contributed by atoms with Crippen molar-refractivity contribution < 1.29 is 14.3 Å². The zero-order chi connectivity index (χ0) is 21.5. The van der Waals surface area contributed by atoms with Gasteiger partial charge in [0.15, 0.2) is 11.5 Å². The lowest BCUT2D eigenvalue weighted by atomic mass is 9.98. The molecule has 5 heterocycles. The van der Waals surface area contributed by atoms with Crippen LogP contribution in [0.4, 0.5) is 0 Å². The van der Waals surface area contributed by atoms with Gasteiger partial charge in [0.2, 0.25) is 5.91 Å². The molecule has 6 rings (SSSR count). The third kappa shape index (κ3) is 3.62. The fourth-order valence-corrected chi connectivity index (χ4v) is 7.04. The molecule has 0 bridgehead atoms. The number of fused-ring (bicyclic) bond motifs is 2. The third-order valence-corrected chi connectivity index (χ3v) is 8.66. The Kier molecular flexibility index (Phi) is 5.41. The zero-order valence-electron chi connectivity index (χ0n) is 17.9. The second-order valence-corrected chi connectivity index (χ2v) is 10.6. The number of benzene rings is 1. The van der Waals surface area contributed by atoms with E-state index < -0.39 is 0 Å². The molecule has 0 aliphatic carbocycles. The van der Waals surface area contributed by atoms with E-state index in [1.54, 1.807) is 11.3 Å². The van der Waals surface area contributed by atoms with Crippen molar-refractivity contribution in [3.63, 3.8) is 0 Å². The summed E-state index contributed by atoms with van der Waals surface area (Å²) in [5, 5.41) is 4.32. The number of likely N-dealkylation sites (tertiary alicyclic amines) is 1. The summed E-state index contributed by atoms with van der Waals surface area (Å²) in [6.07, 6.45) is 3.05. The number of nitrogens with zero attached hydrogens (tertiary/aromatic N) is 2. The van der Waals surface area contributed by atoms with Gasteiger partial charge >= 0.3 is 0 Å². The molecule has 0 N–H and O–H groups in total. The van der Waals surface area contributed by atoms with E-state index in [1.807, 2.05) is 17.4 Å². The first-order chi connectivity index (χ1) is 15.8. The largest absolute Gasteiger partial charge is 0.486 e. The number of carbonyl (C=O) groups is 1. The molecule has 3 aromatic rings. The average Bonchev–Trinajstić information content (AvgIpc) is 3.60. The molecule has 0 spiro atoms. The molecule has 32 heavy (non-hydrogen) atoms. The van der Waals surface area contributed by atoms with E-state index in [-0.39, 0.29) is 18.0 Å². The first-order valence-corrected chi connectivity index (χ1v) is 13.1. The van der Waals surface area contributed by atoms with Crippen LogP contribution < -0.4 is 9.47 Å². The standard InChI is InChI=1S/C25H26N2O3S2/c28-24(16-26-10-7-22-18(8-14-32-22)25(26)23-4-2-13-31-23)27-9-1-3-19(27)17-5-6-20-21(15-17)30-12-11-29-20/h2,4-6,8,13-15,19,25H,1,3,7,9-12,16H2. The molecule has 166 valence electrons. The molecule has 1 fully saturated rings. The fraction of sp³-hybridized carbons (Fsp3) is 0.400. The molecule has 3 aliphatic rings. The summed E-state index contributed by atoms with van der Waals surface area (Å²) in [7, 11) is 0. The summed E-state index contributed by atoms with van der Waals surface area (Å²) >= 11 is 3.62. The molecular formula is C25H26N2O3S2. The van der Waals surface area contributed by atoms with E-state index in [0.29, 0.717) is 19.8 Å². The summed E-state index contributed by atoms with van der Waals surface area (Å²) < 4.78 is 11.5. The van der Waals surface area contributed by atoms with E-state index >= 15 is 0 Å². The van der Waals surface area contributed by atoms with E-state index in [1.165, 1.54) is 15.3 Å². The Morgan fingerprint density at radius 3 is 2.81 bits per heavy atom. The molecule has 7 heteroatoms. The number of hydrogen-bond donors (Lipinski definition) is 0. The summed E-state index contributed by atoms with van der Waals surface area (Å²) in [5.74, 6) is 1.82. The van der Waals surface area contributed by atoms with Crippen LogP contribution in [0.3, 0.4) is 0 Å². The maximum Gasteiger partial charge on any atom is 0.237 e. The Hall–Kier alpha value is -2.35. The van der Waals surface area contributed by atoms with Gasteiger partial charge in [-0.2, -0.15) is 0 Å². The molecule has 0 radical (unpaired) electrons. The molecule has 2 aromatic heterocycles. The van der Waals surface area contributed by atoms with Crippen LogP contribution in [0.5, 0.6) is 11.5 Å². The van der Waals surface area contributed by atoms with Gasteiger partial charge in [0, 0.05) is 22.8 Å². The SMILES string of the molecule is O=C(CN1CCc2sccc2C1c1cccs1)N1CCCC1c1ccc2c(c1)OCCO2. The molecule has 2 atom stereocenters. The van der Waals surface area contributed by atoms with Gasteiger partial charge in [-0.15, -0.1) is 22.7 Å². The second-order valence-electron chi connectivity index (χ2n) is 8.59.